The van der Waals surface area contributed by atoms with Crippen molar-refractivity contribution in [1.82, 2.24) is 10.3 Å². The number of thiazole rings is 1. The molecule has 112 valence electrons. The fourth-order valence-electron chi connectivity index (χ4n) is 2.44. The van der Waals surface area contributed by atoms with Crippen LogP contribution in [0.15, 0.2) is 29.6 Å². The number of benzene rings is 1. The molecule has 5 heteroatoms. The van der Waals surface area contributed by atoms with E-state index in [1.54, 1.807) is 23.5 Å². The smallest absolute Gasteiger partial charge is 0.123 e. The Morgan fingerprint density at radius 3 is 2.67 bits per heavy atom. The van der Waals surface area contributed by atoms with Crippen LogP contribution in [0.1, 0.15) is 41.3 Å². The first-order valence-corrected chi connectivity index (χ1v) is 8.10. The summed E-state index contributed by atoms with van der Waals surface area (Å²) in [4.78, 5) is 4.56. The summed E-state index contributed by atoms with van der Waals surface area (Å²) in [5.41, 5.74) is 1.77. The van der Waals surface area contributed by atoms with Crippen LogP contribution in [0.25, 0.3) is 0 Å². The summed E-state index contributed by atoms with van der Waals surface area (Å²) in [7, 11) is 0. The molecule has 1 saturated carbocycles. The van der Waals surface area contributed by atoms with Crippen LogP contribution >= 0.6 is 11.3 Å². The summed E-state index contributed by atoms with van der Waals surface area (Å²) < 4.78 is 12.9. The third-order valence-corrected chi connectivity index (χ3v) is 4.83. The summed E-state index contributed by atoms with van der Waals surface area (Å²) in [6.07, 6.45) is 1.79. The van der Waals surface area contributed by atoms with E-state index in [2.05, 4.69) is 15.7 Å². The number of aryl methyl sites for hydroxylation is 1. The molecule has 1 aromatic heterocycles. The molecular weight excluding hydrogens is 287 g/mol. The number of nitrogens with one attached hydrogen (secondary N) is 1. The Labute approximate surface area is 127 Å². The lowest BCUT2D eigenvalue weighted by molar-refractivity contribution is 0.168. The molecule has 0 spiro atoms. The van der Waals surface area contributed by atoms with E-state index in [-0.39, 0.29) is 11.9 Å². The van der Waals surface area contributed by atoms with Gasteiger partial charge in [-0.1, -0.05) is 12.1 Å². The van der Waals surface area contributed by atoms with E-state index in [1.165, 1.54) is 25.0 Å². The highest BCUT2D eigenvalue weighted by molar-refractivity contribution is 7.09. The molecule has 0 unspecified atom stereocenters. The fraction of sp³-hybridized carbons (Fsp3) is 0.438. The Kier molecular flexibility index (Phi) is 4.33. The monoisotopic (exact) mass is 306 g/mol. The summed E-state index contributed by atoms with van der Waals surface area (Å²) in [6, 6.07) is 6.23. The van der Waals surface area contributed by atoms with Crippen LogP contribution in [0.2, 0.25) is 0 Å². The molecule has 0 bridgehead atoms. The van der Waals surface area contributed by atoms with E-state index >= 15 is 0 Å². The average Bonchev–Trinajstić information content (AvgIpc) is 3.22. The number of nitrogens with zero attached hydrogens (tertiary/aromatic N) is 1. The van der Waals surface area contributed by atoms with Crippen molar-refractivity contribution in [3.8, 4) is 0 Å². The highest BCUT2D eigenvalue weighted by Crippen LogP contribution is 2.42. The zero-order chi connectivity index (χ0) is 14.8. The van der Waals surface area contributed by atoms with Gasteiger partial charge in [0.25, 0.3) is 0 Å². The van der Waals surface area contributed by atoms with E-state index in [9.17, 15) is 9.50 Å². The third-order valence-electron chi connectivity index (χ3n) is 3.78. The minimum absolute atomic E-state index is 0.221. The maximum absolute atomic E-state index is 12.9. The summed E-state index contributed by atoms with van der Waals surface area (Å²) >= 11 is 1.67. The van der Waals surface area contributed by atoms with Crippen molar-refractivity contribution in [2.24, 2.45) is 5.92 Å². The van der Waals surface area contributed by atoms with E-state index < -0.39 is 6.10 Å². The molecule has 1 heterocycles. The number of aliphatic hydroxyl groups excluding tert-OH is 1. The Hall–Kier alpha value is -1.30. The molecule has 0 aliphatic heterocycles. The van der Waals surface area contributed by atoms with Gasteiger partial charge < -0.3 is 10.4 Å². The average molecular weight is 306 g/mol. The molecule has 2 N–H and O–H groups in total. The number of halogens is 1. The van der Waals surface area contributed by atoms with Crippen LogP contribution in [0, 0.1) is 18.7 Å². The molecule has 1 aliphatic carbocycles. The quantitative estimate of drug-likeness (QED) is 0.860. The molecule has 1 aromatic carbocycles. The lowest BCUT2D eigenvalue weighted by Crippen LogP contribution is -2.27. The second-order valence-electron chi connectivity index (χ2n) is 5.62. The first kappa shape index (κ1) is 14.6. The number of rotatable bonds is 6. The van der Waals surface area contributed by atoms with Crippen molar-refractivity contribution in [2.75, 3.05) is 6.54 Å². The SMILES string of the molecule is Cc1csc([C@H](NC[C@H](O)c2ccc(F)cc2)C2CC2)n1. The van der Waals surface area contributed by atoms with Crippen molar-refractivity contribution < 1.29 is 9.50 Å². The summed E-state index contributed by atoms with van der Waals surface area (Å²) in [6.45, 7) is 2.45. The minimum Gasteiger partial charge on any atom is -0.387 e. The molecule has 0 radical (unpaired) electrons. The summed E-state index contributed by atoms with van der Waals surface area (Å²) in [5.74, 6) is 0.337. The maximum Gasteiger partial charge on any atom is 0.123 e. The molecule has 21 heavy (non-hydrogen) atoms. The first-order chi connectivity index (χ1) is 10.1. The lowest BCUT2D eigenvalue weighted by atomic mass is 10.1. The molecular formula is C16H19FN2OS. The largest absolute Gasteiger partial charge is 0.387 e. The van der Waals surface area contributed by atoms with Crippen LogP contribution in [0.4, 0.5) is 4.39 Å². The van der Waals surface area contributed by atoms with Crippen LogP contribution in [0.3, 0.4) is 0 Å². The predicted molar refractivity (Wildman–Crippen MR) is 81.7 cm³/mol. The molecule has 2 aromatic rings. The van der Waals surface area contributed by atoms with Gasteiger partial charge in [0.05, 0.1) is 12.1 Å². The van der Waals surface area contributed by atoms with Gasteiger partial charge in [0.15, 0.2) is 0 Å². The second kappa shape index (κ2) is 6.22. The number of aromatic nitrogens is 1. The first-order valence-electron chi connectivity index (χ1n) is 7.22. The number of aliphatic hydroxyl groups is 1. The van der Waals surface area contributed by atoms with Gasteiger partial charge in [0, 0.05) is 17.6 Å². The van der Waals surface area contributed by atoms with Crippen molar-refractivity contribution in [3.63, 3.8) is 0 Å². The van der Waals surface area contributed by atoms with E-state index in [0.29, 0.717) is 12.5 Å². The fourth-order valence-corrected chi connectivity index (χ4v) is 3.40. The molecule has 3 nitrogen and oxygen atoms in total. The van der Waals surface area contributed by atoms with Crippen LogP contribution in [-0.4, -0.2) is 16.6 Å². The lowest BCUT2D eigenvalue weighted by Gasteiger charge is -2.19. The Morgan fingerprint density at radius 2 is 2.10 bits per heavy atom. The highest BCUT2D eigenvalue weighted by Gasteiger charge is 2.34. The van der Waals surface area contributed by atoms with Crippen LogP contribution in [-0.2, 0) is 0 Å². The van der Waals surface area contributed by atoms with E-state index in [4.69, 9.17) is 0 Å². The number of hydrogen-bond acceptors (Lipinski definition) is 4. The minimum atomic E-state index is -0.632. The standard InChI is InChI=1S/C16H19FN2OS/c1-10-9-21-16(19-10)15(12-2-3-12)18-8-14(20)11-4-6-13(17)7-5-11/h4-7,9,12,14-15,18,20H,2-3,8H2,1H3/t14-,15+/m0/s1. The van der Waals surface area contributed by atoms with Gasteiger partial charge in [-0.2, -0.15) is 0 Å². The van der Waals surface area contributed by atoms with Gasteiger partial charge in [-0.15, -0.1) is 11.3 Å². The molecule has 1 fully saturated rings. The van der Waals surface area contributed by atoms with Gasteiger partial charge in [-0.3, -0.25) is 0 Å². The Balaban J connectivity index is 1.63. The Bertz CT molecular complexity index is 595. The van der Waals surface area contributed by atoms with E-state index in [0.717, 1.165) is 16.3 Å². The van der Waals surface area contributed by atoms with Crippen molar-refractivity contribution in [2.45, 2.75) is 31.9 Å². The molecule has 1 aliphatic rings. The molecule has 0 amide bonds. The van der Waals surface area contributed by atoms with Crippen molar-refractivity contribution in [3.05, 3.63) is 51.7 Å². The highest BCUT2D eigenvalue weighted by atomic mass is 32.1. The van der Waals surface area contributed by atoms with Gasteiger partial charge in [-0.05, 0) is 43.4 Å². The Morgan fingerprint density at radius 1 is 1.38 bits per heavy atom. The zero-order valence-corrected chi connectivity index (χ0v) is 12.7. The topological polar surface area (TPSA) is 45.1 Å². The maximum atomic E-state index is 12.9. The van der Waals surface area contributed by atoms with Gasteiger partial charge >= 0.3 is 0 Å². The number of hydrogen-bond donors (Lipinski definition) is 2. The van der Waals surface area contributed by atoms with Gasteiger partial charge in [0.1, 0.15) is 10.8 Å². The molecule has 3 rings (SSSR count). The zero-order valence-electron chi connectivity index (χ0n) is 11.9. The van der Waals surface area contributed by atoms with Crippen LogP contribution < -0.4 is 5.32 Å². The van der Waals surface area contributed by atoms with Crippen molar-refractivity contribution in [1.29, 1.82) is 0 Å². The van der Waals surface area contributed by atoms with Crippen LogP contribution in [0.5, 0.6) is 0 Å². The second-order valence-corrected chi connectivity index (χ2v) is 6.51. The summed E-state index contributed by atoms with van der Waals surface area (Å²) in [5, 5.41) is 16.8. The van der Waals surface area contributed by atoms with E-state index in [1.807, 2.05) is 6.92 Å². The van der Waals surface area contributed by atoms with Gasteiger partial charge in [-0.25, -0.2) is 9.37 Å². The predicted octanol–water partition coefficient (Wildman–Crippen LogP) is 3.36. The van der Waals surface area contributed by atoms with Gasteiger partial charge in [0.2, 0.25) is 0 Å². The van der Waals surface area contributed by atoms with Crippen molar-refractivity contribution >= 4 is 11.3 Å². The third kappa shape index (κ3) is 3.67. The molecule has 2 atom stereocenters. The molecule has 0 saturated heterocycles. The normalized spacial score (nSPS) is 17.7.